The number of carbonyl (C=O) groups is 1. The van der Waals surface area contributed by atoms with Gasteiger partial charge in [0.2, 0.25) is 0 Å². The highest BCUT2D eigenvalue weighted by atomic mass is 35.5. The fourth-order valence-corrected chi connectivity index (χ4v) is 2.06. The van der Waals surface area contributed by atoms with Crippen molar-refractivity contribution in [1.29, 1.82) is 0 Å². The zero-order valence-electron chi connectivity index (χ0n) is 10.5. The Morgan fingerprint density at radius 3 is 2.84 bits per heavy atom. The molecule has 3 nitrogen and oxygen atoms in total. The topological polar surface area (TPSA) is 39.2 Å². The van der Waals surface area contributed by atoms with E-state index in [-0.39, 0.29) is 5.78 Å². The molecule has 98 valence electrons. The van der Waals surface area contributed by atoms with Crippen LogP contribution in [-0.2, 0) is 6.42 Å². The summed E-state index contributed by atoms with van der Waals surface area (Å²) in [7, 11) is 1.61. The van der Waals surface area contributed by atoms with E-state index in [2.05, 4.69) is 4.98 Å². The van der Waals surface area contributed by atoms with Crippen LogP contribution in [0.15, 0.2) is 48.7 Å². The molecular formula is C15H14ClNO2. The molecule has 0 bridgehead atoms. The van der Waals surface area contributed by atoms with Crippen LogP contribution in [0.5, 0.6) is 5.75 Å². The van der Waals surface area contributed by atoms with Crippen molar-refractivity contribution in [3.05, 3.63) is 59.9 Å². The Hall–Kier alpha value is -1.87. The lowest BCUT2D eigenvalue weighted by atomic mass is 10.0. The number of hydrogen-bond acceptors (Lipinski definition) is 3. The molecule has 0 radical (unpaired) electrons. The summed E-state index contributed by atoms with van der Waals surface area (Å²) in [5.74, 6) is 0.594. The monoisotopic (exact) mass is 275 g/mol. The molecule has 0 spiro atoms. The van der Waals surface area contributed by atoms with Crippen LogP contribution < -0.4 is 4.74 Å². The van der Waals surface area contributed by atoms with Crippen LogP contribution >= 0.6 is 11.6 Å². The third-order valence-corrected chi connectivity index (χ3v) is 3.10. The predicted octanol–water partition coefficient (Wildman–Crippen LogP) is 3.12. The summed E-state index contributed by atoms with van der Waals surface area (Å²) in [5.41, 5.74) is 1.36. The van der Waals surface area contributed by atoms with Gasteiger partial charge in [-0.15, -0.1) is 11.6 Å². The minimum atomic E-state index is -0.623. The fourth-order valence-electron chi connectivity index (χ4n) is 1.77. The Labute approximate surface area is 117 Å². The Morgan fingerprint density at radius 2 is 2.16 bits per heavy atom. The maximum atomic E-state index is 12.1. The van der Waals surface area contributed by atoms with E-state index < -0.39 is 5.38 Å². The second-order valence-electron chi connectivity index (χ2n) is 4.10. The minimum absolute atomic E-state index is 0.162. The van der Waals surface area contributed by atoms with Crippen molar-refractivity contribution in [3.63, 3.8) is 0 Å². The fraction of sp³-hybridized carbons (Fsp3) is 0.200. The maximum absolute atomic E-state index is 12.1. The number of benzene rings is 1. The van der Waals surface area contributed by atoms with Gasteiger partial charge in [0.15, 0.2) is 5.78 Å². The average Bonchev–Trinajstić information content (AvgIpc) is 2.47. The van der Waals surface area contributed by atoms with Gasteiger partial charge in [-0.05, 0) is 36.2 Å². The molecule has 1 aromatic carbocycles. The zero-order valence-corrected chi connectivity index (χ0v) is 11.3. The largest absolute Gasteiger partial charge is 0.497 e. The molecule has 2 rings (SSSR count). The summed E-state index contributed by atoms with van der Waals surface area (Å²) < 4.78 is 5.14. The number of methoxy groups -OCH3 is 1. The van der Waals surface area contributed by atoms with Crippen LogP contribution in [0.4, 0.5) is 0 Å². The number of carbonyl (C=O) groups excluding carboxylic acids is 1. The third-order valence-electron chi connectivity index (χ3n) is 2.75. The number of ether oxygens (including phenoxy) is 1. The molecule has 0 aliphatic carbocycles. The molecular weight excluding hydrogens is 262 g/mol. The molecule has 19 heavy (non-hydrogen) atoms. The lowest BCUT2D eigenvalue weighted by molar-refractivity contribution is 0.0982. The summed E-state index contributed by atoms with van der Waals surface area (Å²) in [6.45, 7) is 0. The van der Waals surface area contributed by atoms with Gasteiger partial charge in [-0.3, -0.25) is 9.78 Å². The second kappa shape index (κ2) is 6.34. The van der Waals surface area contributed by atoms with Crippen molar-refractivity contribution >= 4 is 17.4 Å². The van der Waals surface area contributed by atoms with Gasteiger partial charge in [-0.2, -0.15) is 0 Å². The molecule has 0 aliphatic heterocycles. The normalized spacial score (nSPS) is 11.9. The van der Waals surface area contributed by atoms with Gasteiger partial charge in [0.25, 0.3) is 0 Å². The van der Waals surface area contributed by atoms with Crippen LogP contribution in [0, 0.1) is 0 Å². The van der Waals surface area contributed by atoms with Crippen molar-refractivity contribution < 1.29 is 9.53 Å². The molecule has 0 aliphatic rings. The van der Waals surface area contributed by atoms with Gasteiger partial charge < -0.3 is 4.74 Å². The van der Waals surface area contributed by atoms with E-state index in [1.807, 2.05) is 24.3 Å². The quantitative estimate of drug-likeness (QED) is 0.622. The first-order chi connectivity index (χ1) is 9.20. The Bertz CT molecular complexity index is 557. The summed E-state index contributed by atoms with van der Waals surface area (Å²) in [6.07, 6.45) is 2.04. The zero-order chi connectivity index (χ0) is 13.7. The summed E-state index contributed by atoms with van der Waals surface area (Å²) >= 11 is 6.17. The molecule has 1 heterocycles. The smallest absolute Gasteiger partial charge is 0.199 e. The summed E-state index contributed by atoms with van der Waals surface area (Å²) in [6, 6.07) is 12.7. The first-order valence-electron chi connectivity index (χ1n) is 5.93. The standard InChI is InChI=1S/C15H14ClNO2/c1-19-12-6-4-5-11(9-12)10-13(16)15(18)14-7-2-3-8-17-14/h2-9,13H,10H2,1H3. The number of Topliss-reactive ketones (excluding diaryl/α,β-unsaturated/α-hetero) is 1. The van der Waals surface area contributed by atoms with Crippen LogP contribution in [0.3, 0.4) is 0 Å². The van der Waals surface area contributed by atoms with Gasteiger partial charge >= 0.3 is 0 Å². The molecule has 0 N–H and O–H groups in total. The predicted molar refractivity (Wildman–Crippen MR) is 74.9 cm³/mol. The number of rotatable bonds is 5. The van der Waals surface area contributed by atoms with Gasteiger partial charge in [0, 0.05) is 6.20 Å². The van der Waals surface area contributed by atoms with Crippen molar-refractivity contribution in [2.45, 2.75) is 11.8 Å². The van der Waals surface area contributed by atoms with Crippen molar-refractivity contribution in [1.82, 2.24) is 4.98 Å². The molecule has 0 fully saturated rings. The summed E-state index contributed by atoms with van der Waals surface area (Å²) in [5, 5.41) is -0.623. The molecule has 1 atom stereocenters. The maximum Gasteiger partial charge on any atom is 0.199 e. The Balaban J connectivity index is 2.08. The van der Waals surface area contributed by atoms with Crippen molar-refractivity contribution in [2.24, 2.45) is 0 Å². The third kappa shape index (κ3) is 3.55. The second-order valence-corrected chi connectivity index (χ2v) is 4.63. The number of nitrogens with zero attached hydrogens (tertiary/aromatic N) is 1. The van der Waals surface area contributed by atoms with Crippen molar-refractivity contribution in [3.8, 4) is 5.75 Å². The first kappa shape index (κ1) is 13.6. The first-order valence-corrected chi connectivity index (χ1v) is 6.36. The van der Waals surface area contributed by atoms with Gasteiger partial charge in [0.1, 0.15) is 16.8 Å². The van der Waals surface area contributed by atoms with E-state index in [0.717, 1.165) is 11.3 Å². The number of hydrogen-bond donors (Lipinski definition) is 0. The highest BCUT2D eigenvalue weighted by molar-refractivity contribution is 6.33. The van der Waals surface area contributed by atoms with Crippen molar-refractivity contribution in [2.75, 3.05) is 7.11 Å². The van der Waals surface area contributed by atoms with Gasteiger partial charge in [-0.25, -0.2) is 0 Å². The molecule has 0 amide bonds. The van der Waals surface area contributed by atoms with E-state index in [9.17, 15) is 4.79 Å². The molecule has 4 heteroatoms. The van der Waals surface area contributed by atoms with E-state index in [1.54, 1.807) is 31.5 Å². The van der Waals surface area contributed by atoms with Crippen LogP contribution in [0.25, 0.3) is 0 Å². The van der Waals surface area contributed by atoms with E-state index in [4.69, 9.17) is 16.3 Å². The number of ketones is 1. The summed E-state index contributed by atoms with van der Waals surface area (Å²) in [4.78, 5) is 16.1. The van der Waals surface area contributed by atoms with Crippen LogP contribution in [0.1, 0.15) is 16.1 Å². The molecule has 0 saturated carbocycles. The van der Waals surface area contributed by atoms with E-state index >= 15 is 0 Å². The SMILES string of the molecule is COc1cccc(CC(Cl)C(=O)c2ccccn2)c1. The number of alkyl halides is 1. The lowest BCUT2D eigenvalue weighted by Gasteiger charge is -2.09. The number of halogens is 1. The molecule has 1 aromatic heterocycles. The van der Waals surface area contributed by atoms with Gasteiger partial charge in [-0.1, -0.05) is 18.2 Å². The number of aromatic nitrogens is 1. The highest BCUT2D eigenvalue weighted by Crippen LogP contribution is 2.17. The number of pyridine rings is 1. The highest BCUT2D eigenvalue weighted by Gasteiger charge is 2.18. The molecule has 2 aromatic rings. The lowest BCUT2D eigenvalue weighted by Crippen LogP contribution is -2.18. The van der Waals surface area contributed by atoms with Crippen LogP contribution in [-0.4, -0.2) is 23.3 Å². The van der Waals surface area contributed by atoms with Crippen LogP contribution in [0.2, 0.25) is 0 Å². The van der Waals surface area contributed by atoms with E-state index in [1.165, 1.54) is 0 Å². The Morgan fingerprint density at radius 1 is 1.32 bits per heavy atom. The molecule has 0 saturated heterocycles. The van der Waals surface area contributed by atoms with Gasteiger partial charge in [0.05, 0.1) is 7.11 Å². The van der Waals surface area contributed by atoms with E-state index in [0.29, 0.717) is 12.1 Å². The minimum Gasteiger partial charge on any atom is -0.497 e. The average molecular weight is 276 g/mol. The molecule has 1 unspecified atom stereocenters. The Kier molecular flexibility index (Phi) is 4.53.